The number of carbonyl (C=O) groups excluding carboxylic acids is 2. The van der Waals surface area contributed by atoms with Gasteiger partial charge in [0, 0.05) is 51.0 Å². The number of nitrogens with zero attached hydrogens (tertiary/aromatic N) is 4. The van der Waals surface area contributed by atoms with Gasteiger partial charge in [-0.05, 0) is 24.6 Å². The number of para-hydroxylation sites is 1. The first-order valence-electron chi connectivity index (χ1n) is 10.8. The summed E-state index contributed by atoms with van der Waals surface area (Å²) in [6, 6.07) is 7.80. The molecule has 1 N–H and O–H groups in total. The molecule has 4 rings (SSSR count). The molecule has 0 saturated carbocycles. The van der Waals surface area contributed by atoms with Gasteiger partial charge in [0.15, 0.2) is 0 Å². The third-order valence-electron chi connectivity index (χ3n) is 6.84. The van der Waals surface area contributed by atoms with Crippen molar-refractivity contribution in [3.8, 4) is 0 Å². The van der Waals surface area contributed by atoms with Crippen molar-refractivity contribution in [2.75, 3.05) is 51.6 Å². The maximum absolute atomic E-state index is 13.4. The van der Waals surface area contributed by atoms with Crippen LogP contribution < -0.4 is 5.32 Å². The number of hydrogen-bond acceptors (Lipinski definition) is 4. The van der Waals surface area contributed by atoms with Gasteiger partial charge in [0.25, 0.3) is 0 Å². The number of nitrogens with one attached hydrogen (secondary N) is 1. The number of likely N-dealkylation sites (tertiary alicyclic amines) is 1. The number of likely N-dealkylation sites (N-methyl/N-ethyl adjacent to an activating group) is 1. The highest BCUT2D eigenvalue weighted by Gasteiger charge is 2.42. The minimum atomic E-state index is -0.442. The number of hydrogen-bond donors (Lipinski definition) is 1. The average Bonchev–Trinajstić information content (AvgIpc) is 2.83. The van der Waals surface area contributed by atoms with Crippen LogP contribution in [0.3, 0.4) is 0 Å². The first kappa shape index (κ1) is 20.2. The molecule has 0 aromatic heterocycles. The monoisotopic (exact) mass is 399 g/mol. The summed E-state index contributed by atoms with van der Waals surface area (Å²) in [5, 5.41) is 3.05. The number of benzene rings is 1. The van der Waals surface area contributed by atoms with Crippen LogP contribution in [0.15, 0.2) is 24.3 Å². The van der Waals surface area contributed by atoms with Gasteiger partial charge < -0.3 is 20.0 Å². The van der Waals surface area contributed by atoms with Crippen molar-refractivity contribution in [1.29, 1.82) is 0 Å². The summed E-state index contributed by atoms with van der Waals surface area (Å²) < 4.78 is 0. The minimum absolute atomic E-state index is 0.00692. The summed E-state index contributed by atoms with van der Waals surface area (Å²) >= 11 is 0. The first-order chi connectivity index (χ1) is 14.0. The average molecular weight is 400 g/mol. The predicted octanol–water partition coefficient (Wildman–Crippen LogP) is 1.91. The van der Waals surface area contributed by atoms with Crippen molar-refractivity contribution >= 4 is 17.6 Å². The Labute approximate surface area is 173 Å². The fourth-order valence-electron chi connectivity index (χ4n) is 4.60. The summed E-state index contributed by atoms with van der Waals surface area (Å²) in [5.41, 5.74) is 1.82. The first-order valence-corrected chi connectivity index (χ1v) is 10.8. The van der Waals surface area contributed by atoms with Gasteiger partial charge in [-0.1, -0.05) is 38.5 Å². The van der Waals surface area contributed by atoms with E-state index in [-0.39, 0.29) is 17.9 Å². The van der Waals surface area contributed by atoms with Gasteiger partial charge in [0.1, 0.15) is 6.04 Å². The van der Waals surface area contributed by atoms with E-state index in [9.17, 15) is 9.59 Å². The van der Waals surface area contributed by atoms with Crippen LogP contribution in [0.4, 0.5) is 10.5 Å². The third kappa shape index (κ3) is 3.98. The summed E-state index contributed by atoms with van der Waals surface area (Å²) in [6.07, 6.45) is 0.849. The number of amides is 3. The lowest BCUT2D eigenvalue weighted by molar-refractivity contribution is -0.122. The highest BCUT2D eigenvalue weighted by atomic mass is 16.2. The van der Waals surface area contributed by atoms with Gasteiger partial charge in [-0.25, -0.2) is 4.79 Å². The third-order valence-corrected chi connectivity index (χ3v) is 6.84. The van der Waals surface area contributed by atoms with E-state index in [1.54, 1.807) is 4.90 Å². The van der Waals surface area contributed by atoms with E-state index in [0.717, 1.165) is 56.9 Å². The summed E-state index contributed by atoms with van der Waals surface area (Å²) in [4.78, 5) is 35.0. The Kier molecular flexibility index (Phi) is 5.79. The van der Waals surface area contributed by atoms with Crippen molar-refractivity contribution in [3.05, 3.63) is 29.8 Å². The molecule has 0 radical (unpaired) electrons. The molecular weight excluding hydrogens is 366 g/mol. The molecule has 7 heteroatoms. The molecule has 3 aliphatic rings. The zero-order chi connectivity index (χ0) is 20.5. The minimum Gasteiger partial charge on any atom is -0.324 e. The fraction of sp³-hybridized carbons (Fsp3) is 0.636. The van der Waals surface area contributed by atoms with Crippen molar-refractivity contribution in [2.24, 2.45) is 5.92 Å². The molecule has 3 amide bonds. The van der Waals surface area contributed by atoms with Crippen LogP contribution in [0.25, 0.3) is 0 Å². The van der Waals surface area contributed by atoms with Crippen LogP contribution in [-0.4, -0.2) is 89.9 Å². The van der Waals surface area contributed by atoms with Crippen LogP contribution in [0.5, 0.6) is 0 Å². The van der Waals surface area contributed by atoms with E-state index >= 15 is 0 Å². The largest absolute Gasteiger partial charge is 0.324 e. The lowest BCUT2D eigenvalue weighted by Crippen LogP contribution is -2.66. The number of piperazine rings is 1. The number of urea groups is 1. The lowest BCUT2D eigenvalue weighted by atomic mass is 9.96. The molecule has 0 unspecified atom stereocenters. The molecule has 0 bridgehead atoms. The Morgan fingerprint density at radius 3 is 2.55 bits per heavy atom. The number of anilines is 1. The number of fused-ring (bicyclic) bond motifs is 1. The van der Waals surface area contributed by atoms with Crippen molar-refractivity contribution in [1.82, 2.24) is 19.6 Å². The number of rotatable bonds is 3. The molecule has 7 nitrogen and oxygen atoms in total. The maximum Gasteiger partial charge on any atom is 0.321 e. The molecule has 2 saturated heterocycles. The van der Waals surface area contributed by atoms with Crippen LogP contribution in [-0.2, 0) is 11.3 Å². The van der Waals surface area contributed by atoms with E-state index in [1.807, 2.05) is 29.2 Å². The topological polar surface area (TPSA) is 59.1 Å². The second kappa shape index (κ2) is 8.32. The quantitative estimate of drug-likeness (QED) is 0.844. The molecule has 0 spiro atoms. The molecule has 158 valence electrons. The molecule has 3 aliphatic heterocycles. The van der Waals surface area contributed by atoms with Crippen LogP contribution >= 0.6 is 0 Å². The van der Waals surface area contributed by atoms with Gasteiger partial charge >= 0.3 is 6.03 Å². The molecule has 29 heavy (non-hydrogen) atoms. The fourth-order valence-corrected chi connectivity index (χ4v) is 4.60. The van der Waals surface area contributed by atoms with Crippen molar-refractivity contribution in [3.63, 3.8) is 0 Å². The summed E-state index contributed by atoms with van der Waals surface area (Å²) in [6.45, 7) is 10.4. The van der Waals surface area contributed by atoms with Gasteiger partial charge in [-0.3, -0.25) is 9.69 Å². The van der Waals surface area contributed by atoms with Crippen LogP contribution in [0.1, 0.15) is 25.8 Å². The molecule has 1 aromatic rings. The van der Waals surface area contributed by atoms with E-state index in [4.69, 9.17) is 0 Å². The standard InChI is InChI=1S/C22H33N5O2/c1-4-16(2)20-21(28)23-19-8-6-5-7-17(19)13-27(20)22(29)26-14-18(15-26)25-11-9-24(3)10-12-25/h5-8,16,18,20H,4,9-15H2,1-3H3,(H,23,28)/t16-,20-/m0/s1. The van der Waals surface area contributed by atoms with Crippen LogP contribution in [0, 0.1) is 5.92 Å². The molecule has 3 heterocycles. The van der Waals surface area contributed by atoms with Gasteiger partial charge in [0.05, 0.1) is 6.54 Å². The van der Waals surface area contributed by atoms with Crippen molar-refractivity contribution in [2.45, 2.75) is 38.9 Å². The van der Waals surface area contributed by atoms with Crippen LogP contribution in [0.2, 0.25) is 0 Å². The molecular formula is C22H33N5O2. The van der Waals surface area contributed by atoms with Gasteiger partial charge in [-0.15, -0.1) is 0 Å². The van der Waals surface area contributed by atoms with Gasteiger partial charge in [-0.2, -0.15) is 0 Å². The SMILES string of the molecule is CC[C@H](C)[C@H]1C(=O)Nc2ccccc2CN1C(=O)N1CC(N2CCN(C)CC2)C1. The van der Waals surface area contributed by atoms with Crippen molar-refractivity contribution < 1.29 is 9.59 Å². The smallest absolute Gasteiger partial charge is 0.321 e. The Bertz CT molecular complexity index is 755. The zero-order valence-corrected chi connectivity index (χ0v) is 17.8. The Balaban J connectivity index is 1.48. The number of carbonyl (C=O) groups is 2. The predicted molar refractivity (Wildman–Crippen MR) is 114 cm³/mol. The Hall–Kier alpha value is -2.12. The molecule has 0 aliphatic carbocycles. The second-order valence-electron chi connectivity index (χ2n) is 8.79. The van der Waals surface area contributed by atoms with E-state index < -0.39 is 6.04 Å². The Morgan fingerprint density at radius 2 is 1.86 bits per heavy atom. The zero-order valence-electron chi connectivity index (χ0n) is 17.8. The van der Waals surface area contributed by atoms with E-state index in [1.165, 1.54) is 0 Å². The highest BCUT2D eigenvalue weighted by molar-refractivity contribution is 5.99. The molecule has 2 fully saturated rings. The molecule has 1 aromatic carbocycles. The maximum atomic E-state index is 13.4. The van der Waals surface area contributed by atoms with E-state index in [0.29, 0.717) is 12.6 Å². The summed E-state index contributed by atoms with van der Waals surface area (Å²) in [5.74, 6) is 0.0248. The Morgan fingerprint density at radius 1 is 1.17 bits per heavy atom. The summed E-state index contributed by atoms with van der Waals surface area (Å²) in [7, 11) is 2.16. The highest BCUT2D eigenvalue weighted by Crippen LogP contribution is 2.29. The lowest BCUT2D eigenvalue weighted by Gasteiger charge is -2.49. The second-order valence-corrected chi connectivity index (χ2v) is 8.79. The molecule has 2 atom stereocenters. The van der Waals surface area contributed by atoms with Gasteiger partial charge in [0.2, 0.25) is 5.91 Å². The normalized spacial score (nSPS) is 25.1. The van der Waals surface area contributed by atoms with E-state index in [2.05, 4.69) is 36.0 Å².